The summed E-state index contributed by atoms with van der Waals surface area (Å²) in [6.45, 7) is 11.9. The number of hydrogen-bond donors (Lipinski definition) is 1. The van der Waals surface area contributed by atoms with Gasteiger partial charge in [0, 0.05) is 5.92 Å². The molecule has 1 N–H and O–H groups in total. The van der Waals surface area contributed by atoms with E-state index in [1.54, 1.807) is 0 Å². The summed E-state index contributed by atoms with van der Waals surface area (Å²) in [6, 6.07) is 16.1. The van der Waals surface area contributed by atoms with Crippen molar-refractivity contribution in [1.29, 1.82) is 0 Å². The maximum atomic E-state index is 10.9. The zero-order valence-electron chi connectivity index (χ0n) is 19.0. The molecule has 0 bridgehead atoms. The molecule has 4 heteroatoms. The maximum Gasteiger partial charge on any atom is 0.303 e. The minimum atomic E-state index is -0.779. The Labute approximate surface area is 181 Å². The Morgan fingerprint density at radius 3 is 2.20 bits per heavy atom. The van der Waals surface area contributed by atoms with E-state index in [2.05, 4.69) is 39.8 Å². The second-order valence-corrected chi connectivity index (χ2v) is 9.12. The zero-order chi connectivity index (χ0) is 22.1. The number of ether oxygens (including phenoxy) is 2. The van der Waals surface area contributed by atoms with Gasteiger partial charge in [-0.3, -0.25) is 4.79 Å². The second kappa shape index (κ2) is 11.1. The molecule has 2 aromatic carbocycles. The van der Waals surface area contributed by atoms with Crippen LogP contribution in [-0.2, 0) is 10.2 Å². The Balaban J connectivity index is 1.91. The first-order valence-corrected chi connectivity index (χ1v) is 10.9. The molecule has 0 amide bonds. The fourth-order valence-corrected chi connectivity index (χ4v) is 3.38. The summed E-state index contributed by atoms with van der Waals surface area (Å²) in [5, 5.41) is 8.95. The van der Waals surface area contributed by atoms with E-state index >= 15 is 0 Å². The largest absolute Gasteiger partial charge is 0.493 e. The van der Waals surface area contributed by atoms with E-state index in [-0.39, 0.29) is 17.8 Å². The fourth-order valence-electron chi connectivity index (χ4n) is 3.38. The number of hydrogen-bond acceptors (Lipinski definition) is 3. The van der Waals surface area contributed by atoms with Crippen molar-refractivity contribution in [2.75, 3.05) is 13.2 Å². The van der Waals surface area contributed by atoms with Gasteiger partial charge in [0.15, 0.2) is 0 Å². The van der Waals surface area contributed by atoms with Crippen LogP contribution in [0.4, 0.5) is 0 Å². The van der Waals surface area contributed by atoms with Crippen LogP contribution in [0.25, 0.3) is 0 Å². The van der Waals surface area contributed by atoms with Gasteiger partial charge in [0.05, 0.1) is 19.6 Å². The highest BCUT2D eigenvalue weighted by Crippen LogP contribution is 2.26. The molecule has 2 aromatic rings. The summed E-state index contributed by atoms with van der Waals surface area (Å²) in [5.41, 5.74) is 2.37. The molecule has 0 aliphatic carbocycles. The zero-order valence-corrected chi connectivity index (χ0v) is 19.0. The van der Waals surface area contributed by atoms with Crippen molar-refractivity contribution in [2.45, 2.75) is 65.2 Å². The lowest BCUT2D eigenvalue weighted by atomic mass is 9.87. The van der Waals surface area contributed by atoms with E-state index in [4.69, 9.17) is 14.6 Å². The van der Waals surface area contributed by atoms with Crippen molar-refractivity contribution in [3.8, 4) is 11.5 Å². The Morgan fingerprint density at radius 1 is 1.00 bits per heavy atom. The average Bonchev–Trinajstić information content (AvgIpc) is 2.69. The van der Waals surface area contributed by atoms with Crippen LogP contribution in [-0.4, -0.2) is 24.3 Å². The number of rotatable bonds is 11. The molecule has 4 nitrogen and oxygen atoms in total. The summed E-state index contributed by atoms with van der Waals surface area (Å²) in [7, 11) is 0. The van der Waals surface area contributed by atoms with Crippen LogP contribution >= 0.6 is 0 Å². The normalized spacial score (nSPS) is 13.5. The predicted octanol–water partition coefficient (Wildman–Crippen LogP) is 6.44. The first-order chi connectivity index (χ1) is 14.2. The highest BCUT2D eigenvalue weighted by Gasteiger charge is 2.15. The van der Waals surface area contributed by atoms with Gasteiger partial charge in [0.2, 0.25) is 0 Å². The summed E-state index contributed by atoms with van der Waals surface area (Å²) in [4.78, 5) is 10.9. The maximum absolute atomic E-state index is 10.9. The van der Waals surface area contributed by atoms with E-state index in [1.165, 1.54) is 5.56 Å². The van der Waals surface area contributed by atoms with Crippen molar-refractivity contribution in [3.05, 3.63) is 59.7 Å². The van der Waals surface area contributed by atoms with Crippen molar-refractivity contribution in [2.24, 2.45) is 5.92 Å². The van der Waals surface area contributed by atoms with Crippen LogP contribution in [0.2, 0.25) is 0 Å². The average molecular weight is 413 g/mol. The van der Waals surface area contributed by atoms with Crippen molar-refractivity contribution < 1.29 is 19.4 Å². The Morgan fingerprint density at radius 2 is 1.63 bits per heavy atom. The highest BCUT2D eigenvalue weighted by atomic mass is 16.5. The molecule has 0 aliphatic rings. The smallest absolute Gasteiger partial charge is 0.303 e. The molecule has 30 heavy (non-hydrogen) atoms. The molecule has 2 unspecified atom stereocenters. The SMILES string of the molecule is CCCC(COc1ccc(C(C)CC(=O)O)cc1)COc1cccc(C(C)(C)C)c1. The third-order valence-corrected chi connectivity index (χ3v) is 5.30. The summed E-state index contributed by atoms with van der Waals surface area (Å²) >= 11 is 0. The molecule has 0 heterocycles. The van der Waals surface area contributed by atoms with Gasteiger partial charge in [0.25, 0.3) is 0 Å². The van der Waals surface area contributed by atoms with E-state index in [9.17, 15) is 4.79 Å². The molecule has 164 valence electrons. The number of aliphatic carboxylic acids is 1. The third kappa shape index (κ3) is 7.74. The van der Waals surface area contributed by atoms with E-state index < -0.39 is 5.97 Å². The lowest BCUT2D eigenvalue weighted by Crippen LogP contribution is -2.20. The second-order valence-electron chi connectivity index (χ2n) is 9.12. The lowest BCUT2D eigenvalue weighted by molar-refractivity contribution is -0.137. The topological polar surface area (TPSA) is 55.8 Å². The minimum Gasteiger partial charge on any atom is -0.493 e. The summed E-state index contributed by atoms with van der Waals surface area (Å²) in [5.74, 6) is 1.22. The van der Waals surface area contributed by atoms with Crippen molar-refractivity contribution >= 4 is 5.97 Å². The standard InChI is InChI=1S/C26H36O4/c1-6-8-20(18-30-24-10-7-9-22(16-24)26(3,4)5)17-29-23-13-11-21(12-14-23)19(2)15-25(27)28/h7,9-14,16,19-20H,6,8,15,17-18H2,1-5H3,(H,27,28). The van der Waals surface area contributed by atoms with E-state index in [1.807, 2.05) is 43.3 Å². The Hall–Kier alpha value is -2.49. The molecule has 0 saturated carbocycles. The van der Waals surface area contributed by atoms with Gasteiger partial charge in [-0.15, -0.1) is 0 Å². The van der Waals surface area contributed by atoms with Gasteiger partial charge in [-0.2, -0.15) is 0 Å². The molecule has 0 saturated heterocycles. The molecule has 0 radical (unpaired) electrons. The minimum absolute atomic E-state index is 0.0124. The van der Waals surface area contributed by atoms with Crippen LogP contribution in [0, 0.1) is 5.92 Å². The molecule has 0 aliphatic heterocycles. The van der Waals surface area contributed by atoms with Gasteiger partial charge in [-0.05, 0) is 53.1 Å². The van der Waals surface area contributed by atoms with Crippen molar-refractivity contribution in [3.63, 3.8) is 0 Å². The van der Waals surface area contributed by atoms with E-state index in [0.717, 1.165) is 29.9 Å². The highest BCUT2D eigenvalue weighted by molar-refractivity contribution is 5.67. The van der Waals surface area contributed by atoms with Crippen LogP contribution in [0.15, 0.2) is 48.5 Å². The monoisotopic (exact) mass is 412 g/mol. The number of carbonyl (C=O) groups is 1. The lowest BCUT2D eigenvalue weighted by Gasteiger charge is -2.21. The van der Waals surface area contributed by atoms with Crippen LogP contribution in [0.5, 0.6) is 11.5 Å². The van der Waals surface area contributed by atoms with Crippen LogP contribution in [0.1, 0.15) is 70.9 Å². The number of carboxylic acid groups (broad SMARTS) is 1. The van der Waals surface area contributed by atoms with Crippen LogP contribution < -0.4 is 9.47 Å². The van der Waals surface area contributed by atoms with Gasteiger partial charge in [-0.25, -0.2) is 0 Å². The fraction of sp³-hybridized carbons (Fsp3) is 0.500. The first-order valence-electron chi connectivity index (χ1n) is 10.9. The number of benzene rings is 2. The Bertz CT molecular complexity index is 789. The molecule has 0 fully saturated rings. The van der Waals surface area contributed by atoms with Gasteiger partial charge in [0.1, 0.15) is 11.5 Å². The molecule has 2 atom stereocenters. The summed E-state index contributed by atoms with van der Waals surface area (Å²) in [6.07, 6.45) is 2.24. The Kier molecular flexibility index (Phi) is 8.76. The third-order valence-electron chi connectivity index (χ3n) is 5.30. The van der Waals surface area contributed by atoms with Gasteiger partial charge in [-0.1, -0.05) is 65.3 Å². The number of carboxylic acids is 1. The van der Waals surface area contributed by atoms with Gasteiger partial charge < -0.3 is 14.6 Å². The summed E-state index contributed by atoms with van der Waals surface area (Å²) < 4.78 is 12.1. The van der Waals surface area contributed by atoms with Crippen LogP contribution in [0.3, 0.4) is 0 Å². The van der Waals surface area contributed by atoms with Gasteiger partial charge >= 0.3 is 5.97 Å². The predicted molar refractivity (Wildman–Crippen MR) is 122 cm³/mol. The quantitative estimate of drug-likeness (QED) is 0.462. The van der Waals surface area contributed by atoms with Crippen molar-refractivity contribution in [1.82, 2.24) is 0 Å². The molecule has 0 aromatic heterocycles. The molecular formula is C26H36O4. The molecule has 0 spiro atoms. The first kappa shape index (κ1) is 23.8. The molecular weight excluding hydrogens is 376 g/mol. The van der Waals surface area contributed by atoms with E-state index in [0.29, 0.717) is 19.1 Å². The molecule has 2 rings (SSSR count).